The van der Waals surface area contributed by atoms with Gasteiger partial charge in [0.2, 0.25) is 5.82 Å². The van der Waals surface area contributed by atoms with Crippen LogP contribution in [0.25, 0.3) is 0 Å². The molecule has 0 saturated carbocycles. The van der Waals surface area contributed by atoms with Crippen LogP contribution in [-0.4, -0.2) is 9.97 Å². The number of alkyl halides is 3. The molecule has 0 amide bonds. The fourth-order valence-electron chi connectivity index (χ4n) is 1.36. The standard InChI is InChI=1S/C10H9BrF3N5S/c11-6-2-1-5(20-6)4-16-7-3-8(19-15)18-9(17-7)10(12,13)14/h1-3H,4,15H2,(H2,16,17,18,19). The van der Waals surface area contributed by atoms with Crippen LogP contribution < -0.4 is 16.6 Å². The third-order valence-corrected chi connectivity index (χ3v) is 3.82. The first-order chi connectivity index (χ1) is 9.38. The number of nitrogens with one attached hydrogen (secondary N) is 2. The molecule has 0 aromatic carbocycles. The van der Waals surface area contributed by atoms with Crippen molar-refractivity contribution in [3.05, 3.63) is 32.7 Å². The maximum Gasteiger partial charge on any atom is 0.451 e. The Bertz CT molecular complexity index is 601. The monoisotopic (exact) mass is 367 g/mol. The molecular weight excluding hydrogens is 359 g/mol. The number of anilines is 2. The second-order valence-corrected chi connectivity index (χ2v) is 6.21. The fourth-order valence-corrected chi connectivity index (χ4v) is 2.79. The molecule has 4 N–H and O–H groups in total. The van der Waals surface area contributed by atoms with E-state index < -0.39 is 12.0 Å². The summed E-state index contributed by atoms with van der Waals surface area (Å²) in [5.41, 5.74) is 2.09. The van der Waals surface area contributed by atoms with Crippen molar-refractivity contribution in [2.24, 2.45) is 5.84 Å². The molecule has 2 aromatic rings. The lowest BCUT2D eigenvalue weighted by molar-refractivity contribution is -0.144. The normalized spacial score (nSPS) is 11.4. The summed E-state index contributed by atoms with van der Waals surface area (Å²) in [5.74, 6) is 3.79. The predicted molar refractivity (Wildman–Crippen MR) is 74.2 cm³/mol. The smallest absolute Gasteiger partial charge is 0.365 e. The number of nitrogens with zero attached hydrogens (tertiary/aromatic N) is 2. The number of thiophene rings is 1. The summed E-state index contributed by atoms with van der Waals surface area (Å²) in [4.78, 5) is 7.64. The zero-order valence-electron chi connectivity index (χ0n) is 9.83. The number of hydrogen-bond donors (Lipinski definition) is 3. The summed E-state index contributed by atoms with van der Waals surface area (Å²) < 4.78 is 38.8. The fraction of sp³-hybridized carbons (Fsp3) is 0.200. The topological polar surface area (TPSA) is 75.9 Å². The summed E-state index contributed by atoms with van der Waals surface area (Å²) in [6.07, 6.45) is -4.63. The minimum absolute atomic E-state index is 0.0461. The van der Waals surface area contributed by atoms with Crippen LogP contribution >= 0.6 is 27.3 Å². The van der Waals surface area contributed by atoms with Gasteiger partial charge in [-0.15, -0.1) is 11.3 Å². The summed E-state index contributed by atoms with van der Waals surface area (Å²) in [6.45, 7) is 0.356. The zero-order chi connectivity index (χ0) is 14.8. The van der Waals surface area contributed by atoms with E-state index in [0.29, 0.717) is 6.54 Å². The van der Waals surface area contributed by atoms with Gasteiger partial charge in [-0.25, -0.2) is 15.8 Å². The van der Waals surface area contributed by atoms with E-state index in [1.807, 2.05) is 12.1 Å². The highest BCUT2D eigenvalue weighted by Gasteiger charge is 2.35. The largest absolute Gasteiger partial charge is 0.451 e. The van der Waals surface area contributed by atoms with Gasteiger partial charge in [0.1, 0.15) is 11.6 Å². The molecule has 2 heterocycles. The van der Waals surface area contributed by atoms with E-state index >= 15 is 0 Å². The van der Waals surface area contributed by atoms with Crippen LogP contribution in [0.4, 0.5) is 24.8 Å². The molecule has 0 unspecified atom stereocenters. The Hall–Kier alpha value is -1.39. The van der Waals surface area contributed by atoms with Gasteiger partial charge >= 0.3 is 6.18 Å². The van der Waals surface area contributed by atoms with Crippen LogP contribution in [0.1, 0.15) is 10.7 Å². The maximum absolute atomic E-state index is 12.6. The molecule has 0 aliphatic carbocycles. The van der Waals surface area contributed by atoms with Crippen LogP contribution in [0.5, 0.6) is 0 Å². The highest BCUT2D eigenvalue weighted by atomic mass is 79.9. The van der Waals surface area contributed by atoms with Gasteiger partial charge in [0, 0.05) is 10.9 Å². The minimum Gasteiger partial charge on any atom is -0.365 e. The average Bonchev–Trinajstić information content (AvgIpc) is 2.81. The van der Waals surface area contributed by atoms with Crippen LogP contribution in [0.3, 0.4) is 0 Å². The average molecular weight is 368 g/mol. The zero-order valence-corrected chi connectivity index (χ0v) is 12.2. The first-order valence-electron chi connectivity index (χ1n) is 5.29. The Kier molecular flexibility index (Phi) is 4.45. The van der Waals surface area contributed by atoms with E-state index in [2.05, 4.69) is 36.6 Å². The molecule has 0 atom stereocenters. The first-order valence-corrected chi connectivity index (χ1v) is 6.90. The number of halogens is 4. The van der Waals surface area contributed by atoms with Gasteiger partial charge in [0.15, 0.2) is 0 Å². The van der Waals surface area contributed by atoms with Crippen molar-refractivity contribution in [3.63, 3.8) is 0 Å². The number of nitrogens with two attached hydrogens (primary N) is 1. The summed E-state index contributed by atoms with van der Waals surface area (Å²) in [6, 6.07) is 5.02. The molecule has 10 heteroatoms. The number of aromatic nitrogens is 2. The molecule has 0 aliphatic heterocycles. The van der Waals surface area contributed by atoms with Gasteiger partial charge in [0.05, 0.1) is 10.3 Å². The molecule has 5 nitrogen and oxygen atoms in total. The lowest BCUT2D eigenvalue weighted by atomic mass is 10.4. The Morgan fingerprint density at radius 1 is 1.25 bits per heavy atom. The van der Waals surface area contributed by atoms with Crippen molar-refractivity contribution in [2.75, 3.05) is 10.7 Å². The number of rotatable bonds is 4. The maximum atomic E-state index is 12.6. The van der Waals surface area contributed by atoms with E-state index in [0.717, 1.165) is 8.66 Å². The molecular formula is C10H9BrF3N5S. The molecule has 2 aromatic heterocycles. The summed E-state index contributed by atoms with van der Waals surface area (Å²) in [7, 11) is 0. The van der Waals surface area contributed by atoms with Crippen molar-refractivity contribution in [2.45, 2.75) is 12.7 Å². The van der Waals surface area contributed by atoms with Crippen molar-refractivity contribution in [1.29, 1.82) is 0 Å². The molecule has 20 heavy (non-hydrogen) atoms. The lowest BCUT2D eigenvalue weighted by Gasteiger charge is -2.10. The number of hydrogen-bond acceptors (Lipinski definition) is 6. The molecule has 0 radical (unpaired) electrons. The van der Waals surface area contributed by atoms with Crippen molar-refractivity contribution in [1.82, 2.24) is 9.97 Å². The van der Waals surface area contributed by atoms with E-state index in [9.17, 15) is 13.2 Å². The molecule has 108 valence electrons. The number of hydrazine groups is 1. The predicted octanol–water partition coefficient (Wildman–Crippen LogP) is 3.22. The highest BCUT2D eigenvalue weighted by Crippen LogP contribution is 2.28. The number of nitrogen functional groups attached to an aromatic ring is 1. The van der Waals surface area contributed by atoms with E-state index in [-0.39, 0.29) is 11.6 Å². The second kappa shape index (κ2) is 5.94. The Labute approximate surface area is 124 Å². The van der Waals surface area contributed by atoms with Crippen LogP contribution in [0.2, 0.25) is 0 Å². The van der Waals surface area contributed by atoms with Gasteiger partial charge in [-0.2, -0.15) is 13.2 Å². The van der Waals surface area contributed by atoms with Crippen LogP contribution in [0, 0.1) is 0 Å². The molecule has 0 saturated heterocycles. The van der Waals surface area contributed by atoms with E-state index in [4.69, 9.17) is 5.84 Å². The van der Waals surface area contributed by atoms with Gasteiger partial charge in [-0.1, -0.05) is 0 Å². The molecule has 0 bridgehead atoms. The van der Waals surface area contributed by atoms with Crippen molar-refractivity contribution in [3.8, 4) is 0 Å². The van der Waals surface area contributed by atoms with E-state index in [1.165, 1.54) is 17.4 Å². The summed E-state index contributed by atoms with van der Waals surface area (Å²) in [5, 5.41) is 2.80. The van der Waals surface area contributed by atoms with Crippen molar-refractivity contribution < 1.29 is 13.2 Å². The van der Waals surface area contributed by atoms with Gasteiger partial charge in [0.25, 0.3) is 0 Å². The van der Waals surface area contributed by atoms with E-state index in [1.54, 1.807) is 0 Å². The first kappa shape index (κ1) is 15.0. The highest BCUT2D eigenvalue weighted by molar-refractivity contribution is 9.11. The molecule has 0 aliphatic rings. The Balaban J connectivity index is 2.18. The quantitative estimate of drug-likeness (QED) is 0.571. The third kappa shape index (κ3) is 3.81. The molecule has 0 spiro atoms. The van der Waals surface area contributed by atoms with Gasteiger partial charge < -0.3 is 10.7 Å². The molecule has 2 rings (SSSR count). The van der Waals surface area contributed by atoms with Crippen LogP contribution in [0.15, 0.2) is 22.0 Å². The van der Waals surface area contributed by atoms with Crippen molar-refractivity contribution >= 4 is 38.9 Å². The summed E-state index contributed by atoms with van der Waals surface area (Å²) >= 11 is 4.78. The molecule has 0 fully saturated rings. The minimum atomic E-state index is -4.63. The van der Waals surface area contributed by atoms with Gasteiger partial charge in [-0.05, 0) is 28.1 Å². The van der Waals surface area contributed by atoms with Gasteiger partial charge in [-0.3, -0.25) is 0 Å². The Morgan fingerprint density at radius 3 is 2.50 bits per heavy atom. The SMILES string of the molecule is NNc1cc(NCc2ccc(Br)s2)nc(C(F)(F)F)n1. The van der Waals surface area contributed by atoms with Crippen LogP contribution in [-0.2, 0) is 12.7 Å². The third-order valence-electron chi connectivity index (χ3n) is 2.20. The lowest BCUT2D eigenvalue weighted by Crippen LogP contribution is -2.17. The second-order valence-electron chi connectivity index (χ2n) is 3.66. The Morgan fingerprint density at radius 2 is 1.95 bits per heavy atom.